The van der Waals surface area contributed by atoms with E-state index in [0.717, 1.165) is 47.5 Å². The summed E-state index contributed by atoms with van der Waals surface area (Å²) in [5, 5.41) is 0.530. The Morgan fingerprint density at radius 1 is 0.578 bits per heavy atom. The fourth-order valence-electron chi connectivity index (χ4n) is 5.53. The van der Waals surface area contributed by atoms with Gasteiger partial charge in [0, 0.05) is 10.6 Å². The molecule has 0 unspecified atom stereocenters. The van der Waals surface area contributed by atoms with Crippen LogP contribution < -0.4 is 9.47 Å². The molecule has 0 bridgehead atoms. The molecule has 4 rings (SSSR count). The molecule has 238 valence electrons. The Morgan fingerprint density at radius 3 is 1.71 bits per heavy atom. The van der Waals surface area contributed by atoms with Crippen molar-refractivity contribution in [1.29, 1.82) is 0 Å². The van der Waals surface area contributed by atoms with Crippen LogP contribution in [0.25, 0.3) is 22.3 Å². The van der Waals surface area contributed by atoms with E-state index >= 15 is 0 Å². The first-order chi connectivity index (χ1) is 22.1. The first-order valence-corrected chi connectivity index (χ1v) is 17.4. The number of ether oxygens (including phenoxy) is 2. The van der Waals surface area contributed by atoms with Gasteiger partial charge in [-0.05, 0) is 77.9 Å². The molecular weight excluding hydrogens is 576 g/mol. The summed E-state index contributed by atoms with van der Waals surface area (Å²) in [7, 11) is 0. The van der Waals surface area contributed by atoms with Crippen LogP contribution in [0.5, 0.6) is 11.5 Å². The summed E-state index contributed by atoms with van der Waals surface area (Å²) in [6.45, 7) is 5.25. The lowest BCUT2D eigenvalue weighted by Crippen LogP contribution is -2.08. The Morgan fingerprint density at radius 2 is 1.11 bits per heavy atom. The third kappa shape index (κ3) is 11.4. The van der Waals surface area contributed by atoms with Gasteiger partial charge in [-0.2, -0.15) is 0 Å². The van der Waals surface area contributed by atoms with E-state index in [9.17, 15) is 4.79 Å². The first-order valence-electron chi connectivity index (χ1n) is 17.0. The second-order valence-corrected chi connectivity index (χ2v) is 12.4. The molecule has 0 spiro atoms. The molecule has 3 nitrogen and oxygen atoms in total. The second-order valence-electron chi connectivity index (χ2n) is 12.0. The molecule has 0 aromatic heterocycles. The van der Waals surface area contributed by atoms with Crippen molar-refractivity contribution in [2.24, 2.45) is 0 Å². The molecule has 0 fully saturated rings. The lowest BCUT2D eigenvalue weighted by atomic mass is 10.00. The van der Waals surface area contributed by atoms with Crippen molar-refractivity contribution < 1.29 is 14.3 Å². The number of hydrogen-bond acceptors (Lipinski definition) is 3. The molecule has 0 aliphatic carbocycles. The molecule has 0 radical (unpaired) electrons. The van der Waals surface area contributed by atoms with Gasteiger partial charge >= 0.3 is 5.97 Å². The van der Waals surface area contributed by atoms with E-state index in [0.29, 0.717) is 16.3 Å². The van der Waals surface area contributed by atoms with Gasteiger partial charge in [0.2, 0.25) is 0 Å². The molecule has 0 heterocycles. The molecule has 0 saturated heterocycles. The quantitative estimate of drug-likeness (QED) is 0.0591. The Balaban J connectivity index is 1.24. The third-order valence-electron chi connectivity index (χ3n) is 8.31. The molecule has 0 amide bonds. The van der Waals surface area contributed by atoms with Gasteiger partial charge in [-0.15, -0.1) is 0 Å². The number of carbonyl (C=O) groups is 1. The summed E-state index contributed by atoms with van der Waals surface area (Å²) in [4.78, 5) is 12.9. The minimum atomic E-state index is -0.433. The van der Waals surface area contributed by atoms with E-state index in [1.165, 1.54) is 76.2 Å². The van der Waals surface area contributed by atoms with Gasteiger partial charge in [0.05, 0.1) is 12.2 Å². The molecule has 4 aromatic rings. The van der Waals surface area contributed by atoms with Crippen molar-refractivity contribution in [3.8, 4) is 33.8 Å². The Labute approximate surface area is 275 Å². The smallest absolute Gasteiger partial charge is 0.343 e. The van der Waals surface area contributed by atoms with E-state index in [1.54, 1.807) is 12.1 Å². The lowest BCUT2D eigenvalue weighted by Gasteiger charge is -2.10. The molecule has 0 atom stereocenters. The van der Waals surface area contributed by atoms with Crippen LogP contribution in [0.3, 0.4) is 0 Å². The molecule has 0 aliphatic rings. The van der Waals surface area contributed by atoms with E-state index in [-0.39, 0.29) is 0 Å². The van der Waals surface area contributed by atoms with Gasteiger partial charge in [-0.1, -0.05) is 144 Å². The number of halogens is 1. The topological polar surface area (TPSA) is 35.5 Å². The van der Waals surface area contributed by atoms with Crippen LogP contribution in [-0.2, 0) is 6.42 Å². The minimum Gasteiger partial charge on any atom is -0.494 e. The number of hydrogen-bond donors (Lipinski definition) is 0. The highest BCUT2D eigenvalue weighted by Crippen LogP contribution is 2.30. The maximum atomic E-state index is 12.9. The number of esters is 1. The fraction of sp³-hybridized carbons (Fsp3) is 0.390. The van der Waals surface area contributed by atoms with Crippen LogP contribution in [0.2, 0.25) is 5.02 Å². The summed E-state index contributed by atoms with van der Waals surface area (Å²) < 4.78 is 11.6. The predicted molar refractivity (Wildman–Crippen MR) is 190 cm³/mol. The Hall–Kier alpha value is -3.56. The zero-order valence-corrected chi connectivity index (χ0v) is 27.9. The SMILES string of the molecule is CCCCCCCCCOc1ccc(-c2ccc(OC(=O)c3ccc(-c4ccc(CCCCCCC)cc4)c(Cl)c3)cc2)cc1. The number of carbonyl (C=O) groups excluding carboxylic acids is 1. The highest BCUT2D eigenvalue weighted by Gasteiger charge is 2.13. The Kier molecular flexibility index (Phi) is 14.5. The summed E-state index contributed by atoms with van der Waals surface area (Å²) >= 11 is 6.63. The van der Waals surface area contributed by atoms with Crippen molar-refractivity contribution >= 4 is 17.6 Å². The van der Waals surface area contributed by atoms with Crippen LogP contribution in [0, 0.1) is 0 Å². The largest absolute Gasteiger partial charge is 0.494 e. The van der Waals surface area contributed by atoms with Crippen molar-refractivity contribution in [3.63, 3.8) is 0 Å². The number of benzene rings is 4. The van der Waals surface area contributed by atoms with Gasteiger partial charge in [-0.3, -0.25) is 0 Å². The summed E-state index contributed by atoms with van der Waals surface area (Å²) in [6, 6.07) is 29.6. The van der Waals surface area contributed by atoms with Crippen LogP contribution in [0.15, 0.2) is 91.0 Å². The van der Waals surface area contributed by atoms with E-state index in [1.807, 2.05) is 42.5 Å². The van der Waals surface area contributed by atoms with E-state index < -0.39 is 5.97 Å². The number of aryl methyl sites for hydroxylation is 1. The van der Waals surface area contributed by atoms with E-state index in [4.69, 9.17) is 21.1 Å². The molecule has 0 aliphatic heterocycles. The van der Waals surface area contributed by atoms with Gasteiger partial charge < -0.3 is 9.47 Å². The monoisotopic (exact) mass is 624 g/mol. The number of rotatable bonds is 19. The molecule has 0 N–H and O–H groups in total. The number of unbranched alkanes of at least 4 members (excludes halogenated alkanes) is 10. The summed E-state index contributed by atoms with van der Waals surface area (Å²) in [6.07, 6.45) is 16.4. The normalized spacial score (nSPS) is 11.0. The average molecular weight is 625 g/mol. The van der Waals surface area contributed by atoms with Crippen LogP contribution in [0.1, 0.15) is 107 Å². The molecule has 4 aromatic carbocycles. The van der Waals surface area contributed by atoms with Crippen molar-refractivity contribution in [1.82, 2.24) is 0 Å². The van der Waals surface area contributed by atoms with Gasteiger partial charge in [-0.25, -0.2) is 4.79 Å². The summed E-state index contributed by atoms with van der Waals surface area (Å²) in [5.41, 5.74) is 5.84. The standard InChI is InChI=1S/C41H49ClO3/c1-3-5-7-9-10-12-14-30-44-37-25-20-33(21-26-37)34-22-27-38(28-23-34)45-41(43)36-24-29-39(40(42)31-36)35-18-16-32(17-19-35)15-13-11-8-6-4-2/h16-29,31H,3-15,30H2,1-2H3. The molecule has 0 saturated carbocycles. The summed E-state index contributed by atoms with van der Waals surface area (Å²) in [5.74, 6) is 0.950. The Bertz CT molecular complexity index is 1430. The van der Waals surface area contributed by atoms with Crippen LogP contribution in [-0.4, -0.2) is 12.6 Å². The zero-order valence-electron chi connectivity index (χ0n) is 27.2. The minimum absolute atomic E-state index is 0.420. The van der Waals surface area contributed by atoms with Crippen LogP contribution in [0.4, 0.5) is 0 Å². The van der Waals surface area contributed by atoms with Gasteiger partial charge in [0.25, 0.3) is 0 Å². The first kappa shape index (κ1) is 34.3. The van der Waals surface area contributed by atoms with E-state index in [2.05, 4.69) is 50.2 Å². The van der Waals surface area contributed by atoms with Crippen LogP contribution >= 0.6 is 11.6 Å². The zero-order chi connectivity index (χ0) is 31.7. The molecular formula is C41H49ClO3. The predicted octanol–water partition coefficient (Wildman–Crippen LogP) is 12.5. The highest BCUT2D eigenvalue weighted by atomic mass is 35.5. The lowest BCUT2D eigenvalue weighted by molar-refractivity contribution is 0.0735. The maximum Gasteiger partial charge on any atom is 0.343 e. The highest BCUT2D eigenvalue weighted by molar-refractivity contribution is 6.33. The van der Waals surface area contributed by atoms with Gasteiger partial charge in [0.15, 0.2) is 0 Å². The van der Waals surface area contributed by atoms with Crippen molar-refractivity contribution in [2.45, 2.75) is 97.3 Å². The fourth-order valence-corrected chi connectivity index (χ4v) is 5.82. The second kappa shape index (κ2) is 19.1. The maximum absolute atomic E-state index is 12.9. The molecule has 45 heavy (non-hydrogen) atoms. The van der Waals surface area contributed by atoms with Gasteiger partial charge in [0.1, 0.15) is 11.5 Å². The third-order valence-corrected chi connectivity index (χ3v) is 8.62. The average Bonchev–Trinajstić information content (AvgIpc) is 3.07. The van der Waals surface area contributed by atoms with Crippen molar-refractivity contribution in [3.05, 3.63) is 107 Å². The van der Waals surface area contributed by atoms with Crippen molar-refractivity contribution in [2.75, 3.05) is 6.61 Å². The molecule has 4 heteroatoms.